The van der Waals surface area contributed by atoms with Gasteiger partial charge >= 0.3 is 0 Å². The Balaban J connectivity index is 1.98. The van der Waals surface area contributed by atoms with E-state index in [9.17, 15) is 5.11 Å². The van der Waals surface area contributed by atoms with Crippen molar-refractivity contribution in [3.8, 4) is 0 Å². The van der Waals surface area contributed by atoms with Crippen LogP contribution in [0.1, 0.15) is 31.2 Å². The summed E-state index contributed by atoms with van der Waals surface area (Å²) < 4.78 is 0. The maximum Gasteiger partial charge on any atom is 0.0763 e. The number of benzene rings is 1. The normalized spacial score (nSPS) is 27.0. The molecular weight excluding hydrogens is 186 g/mol. The van der Waals surface area contributed by atoms with Gasteiger partial charge < -0.3 is 5.11 Å². The van der Waals surface area contributed by atoms with Crippen molar-refractivity contribution < 1.29 is 5.11 Å². The van der Waals surface area contributed by atoms with Gasteiger partial charge in [-0.25, -0.2) is 0 Å². The molecule has 1 aliphatic carbocycles. The minimum Gasteiger partial charge on any atom is -0.391 e. The molecule has 0 unspecified atom stereocenters. The summed E-state index contributed by atoms with van der Waals surface area (Å²) in [5.74, 6) is 0. The largest absolute Gasteiger partial charge is 0.391 e. The lowest BCUT2D eigenvalue weighted by Gasteiger charge is -2.23. The molecular formula is C13H17NO. The molecule has 2 nitrogen and oxygen atoms in total. The number of aliphatic hydroxyl groups excluding tert-OH is 1. The van der Waals surface area contributed by atoms with Crippen molar-refractivity contribution in [2.24, 2.45) is 4.99 Å². The molecule has 0 spiro atoms. The van der Waals surface area contributed by atoms with Crippen molar-refractivity contribution in [1.29, 1.82) is 0 Å². The molecule has 1 aromatic carbocycles. The summed E-state index contributed by atoms with van der Waals surface area (Å²) in [6.45, 7) is 0. The van der Waals surface area contributed by atoms with E-state index in [4.69, 9.17) is 0 Å². The molecule has 2 heteroatoms. The minimum atomic E-state index is -0.237. The van der Waals surface area contributed by atoms with Gasteiger partial charge in [-0.15, -0.1) is 0 Å². The maximum absolute atomic E-state index is 9.73. The predicted molar refractivity (Wildman–Crippen MR) is 62.3 cm³/mol. The number of rotatable bonds is 2. The topological polar surface area (TPSA) is 32.6 Å². The fraction of sp³-hybridized carbons (Fsp3) is 0.462. The Labute approximate surface area is 90.7 Å². The summed E-state index contributed by atoms with van der Waals surface area (Å²) in [6.07, 6.45) is 5.88. The Bertz CT molecular complexity index is 321. The molecule has 0 aliphatic heterocycles. The first kappa shape index (κ1) is 10.4. The van der Waals surface area contributed by atoms with Crippen LogP contribution in [0.2, 0.25) is 0 Å². The Morgan fingerprint density at radius 1 is 1.13 bits per heavy atom. The molecule has 80 valence electrons. The first-order chi connectivity index (χ1) is 7.36. The standard InChI is InChI=1S/C13H17NO/c15-13-9-5-4-8-12(13)14-10-11-6-2-1-3-7-11/h1-3,6-7,10,12-13,15H,4-5,8-9H2/t12-,13+/m0/s1. The number of hydrogen-bond donors (Lipinski definition) is 1. The predicted octanol–water partition coefficient (Wildman–Crippen LogP) is 2.41. The molecule has 1 saturated carbocycles. The molecule has 0 bridgehead atoms. The molecule has 2 atom stereocenters. The highest BCUT2D eigenvalue weighted by atomic mass is 16.3. The molecule has 2 rings (SSSR count). The highest BCUT2D eigenvalue weighted by molar-refractivity contribution is 5.79. The van der Waals surface area contributed by atoms with E-state index in [2.05, 4.69) is 4.99 Å². The summed E-state index contributed by atoms with van der Waals surface area (Å²) in [6, 6.07) is 10.2. The lowest BCUT2D eigenvalue weighted by atomic mass is 9.93. The molecule has 0 amide bonds. The summed E-state index contributed by atoms with van der Waals surface area (Å²) in [4.78, 5) is 4.46. The van der Waals surface area contributed by atoms with E-state index in [0.29, 0.717) is 0 Å². The van der Waals surface area contributed by atoms with Gasteiger partial charge in [-0.05, 0) is 18.4 Å². The van der Waals surface area contributed by atoms with Gasteiger partial charge in [0, 0.05) is 6.21 Å². The molecule has 15 heavy (non-hydrogen) atoms. The van der Waals surface area contributed by atoms with Crippen LogP contribution < -0.4 is 0 Å². The van der Waals surface area contributed by atoms with Gasteiger partial charge in [0.15, 0.2) is 0 Å². The second-order valence-electron chi connectivity index (χ2n) is 4.11. The zero-order valence-corrected chi connectivity index (χ0v) is 8.84. The quantitative estimate of drug-likeness (QED) is 0.735. The number of aliphatic imine (C=N–C) groups is 1. The van der Waals surface area contributed by atoms with Crippen molar-refractivity contribution in [1.82, 2.24) is 0 Å². The van der Waals surface area contributed by atoms with Crippen LogP contribution in [0.4, 0.5) is 0 Å². The highest BCUT2D eigenvalue weighted by Gasteiger charge is 2.21. The fourth-order valence-corrected chi connectivity index (χ4v) is 1.99. The van der Waals surface area contributed by atoms with Crippen molar-refractivity contribution in [2.75, 3.05) is 0 Å². The monoisotopic (exact) mass is 203 g/mol. The summed E-state index contributed by atoms with van der Waals surface area (Å²) in [7, 11) is 0. The van der Waals surface area contributed by atoms with Crippen LogP contribution in [-0.4, -0.2) is 23.5 Å². The lowest BCUT2D eigenvalue weighted by Crippen LogP contribution is -2.28. The summed E-state index contributed by atoms with van der Waals surface area (Å²) >= 11 is 0. The van der Waals surface area contributed by atoms with Gasteiger partial charge in [-0.3, -0.25) is 4.99 Å². The Kier molecular flexibility index (Phi) is 3.51. The van der Waals surface area contributed by atoms with E-state index >= 15 is 0 Å². The highest BCUT2D eigenvalue weighted by Crippen LogP contribution is 2.20. The Morgan fingerprint density at radius 3 is 2.60 bits per heavy atom. The molecule has 0 aromatic heterocycles. The third kappa shape index (κ3) is 2.90. The summed E-state index contributed by atoms with van der Waals surface area (Å²) in [5.41, 5.74) is 1.11. The van der Waals surface area contributed by atoms with Gasteiger partial charge in [0.2, 0.25) is 0 Å². The van der Waals surface area contributed by atoms with Gasteiger partial charge in [-0.2, -0.15) is 0 Å². The Hall–Kier alpha value is -1.15. The van der Waals surface area contributed by atoms with E-state index < -0.39 is 0 Å². The third-order valence-electron chi connectivity index (χ3n) is 2.91. The molecule has 0 radical (unpaired) electrons. The van der Waals surface area contributed by atoms with Crippen LogP contribution in [0.3, 0.4) is 0 Å². The van der Waals surface area contributed by atoms with Crippen molar-refractivity contribution >= 4 is 6.21 Å². The zero-order chi connectivity index (χ0) is 10.5. The maximum atomic E-state index is 9.73. The molecule has 1 fully saturated rings. The molecule has 1 N–H and O–H groups in total. The molecule has 0 heterocycles. The second-order valence-corrected chi connectivity index (χ2v) is 4.11. The van der Waals surface area contributed by atoms with Crippen LogP contribution >= 0.6 is 0 Å². The average Bonchev–Trinajstić information content (AvgIpc) is 2.29. The molecule has 1 aromatic rings. The van der Waals surface area contributed by atoms with Gasteiger partial charge in [0.05, 0.1) is 12.1 Å². The third-order valence-corrected chi connectivity index (χ3v) is 2.91. The van der Waals surface area contributed by atoms with Crippen molar-refractivity contribution in [3.05, 3.63) is 35.9 Å². The molecule has 0 saturated heterocycles. The second kappa shape index (κ2) is 5.08. The summed E-state index contributed by atoms with van der Waals surface area (Å²) in [5, 5.41) is 9.73. The van der Waals surface area contributed by atoms with Crippen LogP contribution in [0.15, 0.2) is 35.3 Å². The van der Waals surface area contributed by atoms with E-state index in [1.54, 1.807) is 0 Å². The minimum absolute atomic E-state index is 0.110. The van der Waals surface area contributed by atoms with E-state index in [1.807, 2.05) is 36.5 Å². The lowest BCUT2D eigenvalue weighted by molar-refractivity contribution is 0.110. The van der Waals surface area contributed by atoms with Gasteiger partial charge in [0.1, 0.15) is 0 Å². The van der Waals surface area contributed by atoms with E-state index in [0.717, 1.165) is 24.8 Å². The van der Waals surface area contributed by atoms with Crippen LogP contribution in [0.25, 0.3) is 0 Å². The van der Waals surface area contributed by atoms with E-state index in [1.165, 1.54) is 6.42 Å². The van der Waals surface area contributed by atoms with E-state index in [-0.39, 0.29) is 12.1 Å². The molecule has 1 aliphatic rings. The average molecular weight is 203 g/mol. The number of nitrogens with zero attached hydrogens (tertiary/aromatic N) is 1. The first-order valence-corrected chi connectivity index (χ1v) is 5.62. The SMILES string of the molecule is O[C@@H]1CCCC[C@@H]1N=Cc1ccccc1. The number of aliphatic hydroxyl groups is 1. The van der Waals surface area contributed by atoms with Gasteiger partial charge in [0.25, 0.3) is 0 Å². The van der Waals surface area contributed by atoms with Gasteiger partial charge in [-0.1, -0.05) is 43.2 Å². The Morgan fingerprint density at radius 2 is 1.87 bits per heavy atom. The fourth-order valence-electron chi connectivity index (χ4n) is 1.99. The van der Waals surface area contributed by atoms with Crippen molar-refractivity contribution in [2.45, 2.75) is 37.8 Å². The van der Waals surface area contributed by atoms with Crippen LogP contribution in [0.5, 0.6) is 0 Å². The van der Waals surface area contributed by atoms with Crippen LogP contribution in [0, 0.1) is 0 Å². The number of hydrogen-bond acceptors (Lipinski definition) is 2. The zero-order valence-electron chi connectivity index (χ0n) is 8.84. The first-order valence-electron chi connectivity index (χ1n) is 5.62. The van der Waals surface area contributed by atoms with Crippen molar-refractivity contribution in [3.63, 3.8) is 0 Å². The van der Waals surface area contributed by atoms with Crippen LogP contribution in [-0.2, 0) is 0 Å². The smallest absolute Gasteiger partial charge is 0.0763 e.